The Morgan fingerprint density at radius 1 is 1.23 bits per heavy atom. The normalized spacial score (nSPS) is 13.4. The van der Waals surface area contributed by atoms with Crippen molar-refractivity contribution >= 4 is 29.9 Å². The number of aromatic nitrogens is 5. The van der Waals surface area contributed by atoms with Crippen molar-refractivity contribution in [3.05, 3.63) is 59.3 Å². The monoisotopic (exact) mass is 538 g/mol. The van der Waals surface area contributed by atoms with Crippen molar-refractivity contribution in [1.82, 2.24) is 35.2 Å². The Balaban J connectivity index is 0.00000341. The van der Waals surface area contributed by atoms with Crippen molar-refractivity contribution in [3.63, 3.8) is 0 Å². The number of nitrogens with zero attached hydrogens (tertiary/aromatic N) is 6. The first-order valence-corrected chi connectivity index (χ1v) is 10.0. The fourth-order valence-electron chi connectivity index (χ4n) is 3.07. The van der Waals surface area contributed by atoms with Crippen LogP contribution in [0.5, 0.6) is 0 Å². The summed E-state index contributed by atoms with van der Waals surface area (Å²) in [5, 5.41) is 25.7. The number of hydrogen-bond donors (Lipinski definition) is 3. The van der Waals surface area contributed by atoms with Crippen LogP contribution >= 0.6 is 24.0 Å². The molecule has 0 aliphatic rings. The number of guanidine groups is 1. The Bertz CT molecular complexity index is 1010. The number of halogens is 1. The zero-order valence-corrected chi connectivity index (χ0v) is 21.0. The third kappa shape index (κ3) is 6.50. The highest BCUT2D eigenvalue weighted by Crippen LogP contribution is 2.18. The lowest BCUT2D eigenvalue weighted by Crippen LogP contribution is -2.44. The fourth-order valence-corrected chi connectivity index (χ4v) is 3.07. The van der Waals surface area contributed by atoms with Crippen LogP contribution in [0.2, 0.25) is 0 Å². The van der Waals surface area contributed by atoms with Gasteiger partial charge in [-0.1, -0.05) is 6.07 Å². The lowest BCUT2D eigenvalue weighted by molar-refractivity contribution is 0.0616. The Morgan fingerprint density at radius 2 is 2.00 bits per heavy atom. The molecule has 3 aromatic rings. The molecule has 0 spiro atoms. The first kappa shape index (κ1) is 24.8. The highest BCUT2D eigenvalue weighted by molar-refractivity contribution is 14.0. The number of aliphatic hydroxyl groups is 1. The van der Waals surface area contributed by atoms with Crippen molar-refractivity contribution in [3.8, 4) is 5.82 Å². The van der Waals surface area contributed by atoms with Gasteiger partial charge in [0.15, 0.2) is 11.8 Å². The van der Waals surface area contributed by atoms with Crippen molar-refractivity contribution in [2.45, 2.75) is 39.8 Å². The van der Waals surface area contributed by atoms with Crippen LogP contribution in [0, 0.1) is 13.8 Å². The minimum absolute atomic E-state index is 0. The average molecular weight is 538 g/mol. The molecule has 3 rings (SSSR count). The van der Waals surface area contributed by atoms with Crippen molar-refractivity contribution in [2.24, 2.45) is 12.0 Å². The molecule has 3 heterocycles. The van der Waals surface area contributed by atoms with Gasteiger partial charge in [0.1, 0.15) is 5.60 Å². The molecule has 0 aliphatic heterocycles. The molecular weight excluding hydrogens is 507 g/mol. The topological polar surface area (TPSA) is 105 Å². The fraction of sp³-hybridized carbons (Fsp3) is 0.429. The van der Waals surface area contributed by atoms with E-state index in [0.717, 1.165) is 34.9 Å². The summed E-state index contributed by atoms with van der Waals surface area (Å²) in [7, 11) is 1.83. The van der Waals surface area contributed by atoms with Gasteiger partial charge in [-0.3, -0.25) is 4.68 Å². The van der Waals surface area contributed by atoms with E-state index in [9.17, 15) is 5.11 Å². The summed E-state index contributed by atoms with van der Waals surface area (Å²) < 4.78 is 3.50. The Kier molecular flexibility index (Phi) is 8.57. The van der Waals surface area contributed by atoms with Gasteiger partial charge in [-0.05, 0) is 45.4 Å². The first-order valence-electron chi connectivity index (χ1n) is 10.0. The molecule has 3 aromatic heterocycles. The van der Waals surface area contributed by atoms with Crippen molar-refractivity contribution in [1.29, 1.82) is 0 Å². The number of hydrogen-bond acceptors (Lipinski definition) is 5. The minimum Gasteiger partial charge on any atom is -0.383 e. The van der Waals surface area contributed by atoms with Crippen LogP contribution in [0.15, 0.2) is 41.8 Å². The van der Waals surface area contributed by atoms with Crippen LogP contribution in [0.1, 0.15) is 36.4 Å². The van der Waals surface area contributed by atoms with E-state index in [1.54, 1.807) is 17.8 Å². The Labute approximate surface area is 200 Å². The van der Waals surface area contributed by atoms with Crippen LogP contribution in [0.4, 0.5) is 0 Å². The molecule has 31 heavy (non-hydrogen) atoms. The summed E-state index contributed by atoms with van der Waals surface area (Å²) in [6.07, 6.45) is 5.29. The molecule has 0 saturated carbocycles. The zero-order chi connectivity index (χ0) is 21.7. The van der Waals surface area contributed by atoms with Gasteiger partial charge in [0.25, 0.3) is 0 Å². The SMILES string of the molecule is CCNC(=NCc1ccc(-n2nc(C)cc2C)nc1)NCC(C)(O)c1cnn(C)c1.I. The molecule has 0 saturated heterocycles. The van der Waals surface area contributed by atoms with E-state index < -0.39 is 5.60 Å². The van der Waals surface area contributed by atoms with Gasteiger partial charge < -0.3 is 15.7 Å². The summed E-state index contributed by atoms with van der Waals surface area (Å²) in [5.74, 6) is 1.41. The van der Waals surface area contributed by atoms with E-state index in [4.69, 9.17) is 0 Å². The van der Waals surface area contributed by atoms with Gasteiger partial charge in [-0.25, -0.2) is 14.7 Å². The first-order chi connectivity index (χ1) is 14.3. The molecule has 0 radical (unpaired) electrons. The second kappa shape index (κ2) is 10.7. The van der Waals surface area contributed by atoms with E-state index in [0.29, 0.717) is 19.0 Å². The van der Waals surface area contributed by atoms with E-state index in [2.05, 4.69) is 30.8 Å². The van der Waals surface area contributed by atoms with E-state index >= 15 is 0 Å². The van der Waals surface area contributed by atoms with E-state index in [1.807, 2.05) is 63.1 Å². The largest absolute Gasteiger partial charge is 0.383 e. The highest BCUT2D eigenvalue weighted by Gasteiger charge is 2.25. The van der Waals surface area contributed by atoms with Crippen LogP contribution in [0.25, 0.3) is 5.82 Å². The predicted octanol–water partition coefficient (Wildman–Crippen LogP) is 2.20. The van der Waals surface area contributed by atoms with Crippen molar-refractivity contribution in [2.75, 3.05) is 13.1 Å². The lowest BCUT2D eigenvalue weighted by atomic mass is 10.00. The Hall–Kier alpha value is -2.47. The van der Waals surface area contributed by atoms with Crippen LogP contribution in [0.3, 0.4) is 0 Å². The number of nitrogens with one attached hydrogen (secondary N) is 2. The van der Waals surface area contributed by atoms with Crippen LogP contribution < -0.4 is 10.6 Å². The number of aliphatic imine (C=N–C) groups is 1. The van der Waals surface area contributed by atoms with Gasteiger partial charge >= 0.3 is 0 Å². The molecule has 0 aromatic carbocycles. The Morgan fingerprint density at radius 3 is 2.55 bits per heavy atom. The predicted molar refractivity (Wildman–Crippen MR) is 132 cm³/mol. The van der Waals surface area contributed by atoms with Gasteiger partial charge in [-0.2, -0.15) is 10.2 Å². The van der Waals surface area contributed by atoms with Crippen molar-refractivity contribution < 1.29 is 5.11 Å². The van der Waals surface area contributed by atoms with Gasteiger partial charge in [-0.15, -0.1) is 24.0 Å². The maximum Gasteiger partial charge on any atom is 0.191 e. The second-order valence-electron chi connectivity index (χ2n) is 7.59. The lowest BCUT2D eigenvalue weighted by Gasteiger charge is -2.23. The molecule has 10 heteroatoms. The average Bonchev–Trinajstić information content (AvgIpc) is 3.30. The standard InChI is InChI=1S/C21H30N8O.HI/c1-6-22-20(25-14-21(4,30)18-12-26-28(5)13-18)24-11-17-7-8-19(23-10-17)29-16(3)9-15(2)27-29;/h7-10,12-13,30H,6,11,14H2,1-5H3,(H2,22,24,25);1H. The number of pyridine rings is 1. The second-order valence-corrected chi connectivity index (χ2v) is 7.59. The molecular formula is C21H31IN8O. The van der Waals surface area contributed by atoms with E-state index in [1.165, 1.54) is 0 Å². The minimum atomic E-state index is -1.06. The molecule has 1 atom stereocenters. The molecule has 9 nitrogen and oxygen atoms in total. The highest BCUT2D eigenvalue weighted by atomic mass is 127. The maximum atomic E-state index is 10.7. The number of rotatable bonds is 7. The molecule has 0 aliphatic carbocycles. The summed E-state index contributed by atoms with van der Waals surface area (Å²) >= 11 is 0. The third-order valence-electron chi connectivity index (χ3n) is 4.73. The molecule has 0 fully saturated rings. The molecule has 0 bridgehead atoms. The molecule has 3 N–H and O–H groups in total. The van der Waals surface area contributed by atoms with Crippen LogP contribution in [-0.4, -0.2) is 48.7 Å². The van der Waals surface area contributed by atoms with Gasteiger partial charge in [0, 0.05) is 37.2 Å². The molecule has 1 unspecified atom stereocenters. The summed E-state index contributed by atoms with van der Waals surface area (Å²) in [6.45, 7) is 9.22. The quantitative estimate of drug-likeness (QED) is 0.242. The summed E-state index contributed by atoms with van der Waals surface area (Å²) in [6, 6.07) is 5.96. The number of aryl methyl sites for hydroxylation is 3. The zero-order valence-electron chi connectivity index (χ0n) is 18.6. The van der Waals surface area contributed by atoms with Gasteiger partial charge in [0.2, 0.25) is 0 Å². The summed E-state index contributed by atoms with van der Waals surface area (Å²) in [5.41, 5.74) is 2.68. The maximum absolute atomic E-state index is 10.7. The van der Waals surface area contributed by atoms with Gasteiger partial charge in [0.05, 0.1) is 25.0 Å². The third-order valence-corrected chi connectivity index (χ3v) is 4.73. The van der Waals surface area contributed by atoms with Crippen LogP contribution in [-0.2, 0) is 19.2 Å². The molecule has 0 amide bonds. The van der Waals surface area contributed by atoms with E-state index in [-0.39, 0.29) is 24.0 Å². The smallest absolute Gasteiger partial charge is 0.191 e. The summed E-state index contributed by atoms with van der Waals surface area (Å²) in [4.78, 5) is 9.13. The molecule has 168 valence electrons.